The fourth-order valence-corrected chi connectivity index (χ4v) is 4.15. The Balaban J connectivity index is 1.85. The number of carbonyl (C=O) groups is 1. The zero-order chi connectivity index (χ0) is 10.7. The first-order chi connectivity index (χ1) is 7.05. The van der Waals surface area contributed by atoms with Crippen LogP contribution in [0.25, 0.3) is 0 Å². The second kappa shape index (κ2) is 2.64. The molecule has 4 aliphatic carbocycles. The molecule has 0 saturated heterocycles. The van der Waals surface area contributed by atoms with Crippen LogP contribution in [0.3, 0.4) is 0 Å². The molecule has 0 radical (unpaired) electrons. The molecular weight excluding hydrogens is 192 g/mol. The van der Waals surface area contributed by atoms with Crippen LogP contribution >= 0.6 is 0 Å². The average molecular weight is 208 g/mol. The van der Waals surface area contributed by atoms with E-state index in [-0.39, 0.29) is 11.6 Å². The van der Waals surface area contributed by atoms with Crippen LogP contribution in [0.2, 0.25) is 0 Å². The third-order valence-corrected chi connectivity index (χ3v) is 4.41. The Kier molecular flexibility index (Phi) is 1.66. The van der Waals surface area contributed by atoms with E-state index in [9.17, 15) is 9.90 Å². The van der Waals surface area contributed by atoms with Gasteiger partial charge in [0.2, 0.25) is 0 Å². The summed E-state index contributed by atoms with van der Waals surface area (Å²) >= 11 is 0. The van der Waals surface area contributed by atoms with Crippen molar-refractivity contribution in [2.45, 2.75) is 43.3 Å². The summed E-state index contributed by atoms with van der Waals surface area (Å²) < 4.78 is 5.47. The smallest absolute Gasteiger partial charge is 0.330 e. The minimum atomic E-state index is -0.537. The number of rotatable bonds is 2. The van der Waals surface area contributed by atoms with Crippen molar-refractivity contribution in [1.29, 1.82) is 0 Å². The highest BCUT2D eigenvalue weighted by molar-refractivity contribution is 5.81. The van der Waals surface area contributed by atoms with Gasteiger partial charge in [-0.15, -0.1) is 0 Å². The molecule has 1 N–H and O–H groups in total. The minimum Gasteiger partial charge on any atom is -0.456 e. The predicted molar refractivity (Wildman–Crippen MR) is 54.0 cm³/mol. The number of carbonyl (C=O) groups excluding carboxylic acids is 1. The van der Waals surface area contributed by atoms with Gasteiger partial charge in [0.1, 0.15) is 5.60 Å². The van der Waals surface area contributed by atoms with E-state index in [0.29, 0.717) is 18.3 Å². The second-order valence-electron chi connectivity index (χ2n) is 5.50. The highest BCUT2D eigenvalue weighted by atomic mass is 16.6. The topological polar surface area (TPSA) is 46.5 Å². The first-order valence-electron chi connectivity index (χ1n) is 5.63. The molecule has 15 heavy (non-hydrogen) atoms. The molecule has 4 saturated carbocycles. The van der Waals surface area contributed by atoms with E-state index in [4.69, 9.17) is 4.74 Å². The largest absolute Gasteiger partial charge is 0.456 e. The van der Waals surface area contributed by atoms with Crippen LogP contribution in [0.5, 0.6) is 0 Å². The molecule has 3 nitrogen and oxygen atoms in total. The zero-order valence-corrected chi connectivity index (χ0v) is 8.74. The molecule has 0 aromatic rings. The molecule has 0 amide bonds. The van der Waals surface area contributed by atoms with Gasteiger partial charge in [-0.3, -0.25) is 0 Å². The SMILES string of the molecule is C=CC(=O)OC12CC3CC(C1)C(O)(C3)C2. The van der Waals surface area contributed by atoms with E-state index in [2.05, 4.69) is 6.58 Å². The Morgan fingerprint density at radius 3 is 2.87 bits per heavy atom. The van der Waals surface area contributed by atoms with E-state index in [0.717, 1.165) is 25.7 Å². The average Bonchev–Trinajstić information content (AvgIpc) is 2.46. The summed E-state index contributed by atoms with van der Waals surface area (Å²) in [6.07, 6.45) is 5.66. The maximum atomic E-state index is 11.3. The zero-order valence-electron chi connectivity index (χ0n) is 8.74. The van der Waals surface area contributed by atoms with Crippen LogP contribution in [0, 0.1) is 11.8 Å². The molecule has 4 atom stereocenters. The van der Waals surface area contributed by atoms with Crippen LogP contribution in [-0.2, 0) is 9.53 Å². The third kappa shape index (κ3) is 1.19. The van der Waals surface area contributed by atoms with Gasteiger partial charge in [0.25, 0.3) is 0 Å². The van der Waals surface area contributed by atoms with Gasteiger partial charge in [0, 0.05) is 12.5 Å². The molecule has 4 unspecified atom stereocenters. The quantitative estimate of drug-likeness (QED) is 0.551. The molecule has 0 spiro atoms. The van der Waals surface area contributed by atoms with Crippen LogP contribution in [0.1, 0.15) is 32.1 Å². The maximum absolute atomic E-state index is 11.3. The lowest BCUT2D eigenvalue weighted by Crippen LogP contribution is -2.41. The van der Waals surface area contributed by atoms with Crippen molar-refractivity contribution >= 4 is 5.97 Å². The first kappa shape index (κ1) is 9.40. The predicted octanol–water partition coefficient (Wildman–Crippen LogP) is 1.41. The molecule has 0 aliphatic heterocycles. The Hall–Kier alpha value is -0.830. The number of ether oxygens (including phenoxy) is 1. The molecule has 0 aromatic carbocycles. The summed E-state index contributed by atoms with van der Waals surface area (Å²) in [7, 11) is 0. The van der Waals surface area contributed by atoms with Crippen LogP contribution < -0.4 is 0 Å². The van der Waals surface area contributed by atoms with Crippen LogP contribution in [-0.4, -0.2) is 22.3 Å². The monoisotopic (exact) mass is 208 g/mol. The minimum absolute atomic E-state index is 0.347. The lowest BCUT2D eigenvalue weighted by molar-refractivity contribution is -0.160. The summed E-state index contributed by atoms with van der Waals surface area (Å²) in [5.74, 6) is 0.564. The summed E-state index contributed by atoms with van der Waals surface area (Å²) in [5, 5.41) is 10.4. The fourth-order valence-electron chi connectivity index (χ4n) is 4.15. The van der Waals surface area contributed by atoms with Gasteiger partial charge in [-0.25, -0.2) is 4.79 Å². The fraction of sp³-hybridized carbons (Fsp3) is 0.750. The van der Waals surface area contributed by atoms with Crippen molar-refractivity contribution in [3.05, 3.63) is 12.7 Å². The van der Waals surface area contributed by atoms with E-state index < -0.39 is 5.60 Å². The van der Waals surface area contributed by atoms with Crippen molar-refractivity contribution in [1.82, 2.24) is 0 Å². The van der Waals surface area contributed by atoms with Crippen molar-refractivity contribution in [3.8, 4) is 0 Å². The Labute approximate surface area is 89.1 Å². The van der Waals surface area contributed by atoms with Crippen molar-refractivity contribution < 1.29 is 14.6 Å². The normalized spacial score (nSPS) is 50.7. The Morgan fingerprint density at radius 2 is 2.27 bits per heavy atom. The van der Waals surface area contributed by atoms with Gasteiger partial charge < -0.3 is 9.84 Å². The molecule has 4 rings (SSSR count). The van der Waals surface area contributed by atoms with Gasteiger partial charge in [0.05, 0.1) is 5.60 Å². The maximum Gasteiger partial charge on any atom is 0.330 e. The molecule has 0 heterocycles. The Bertz CT molecular complexity index is 338. The highest BCUT2D eigenvalue weighted by Gasteiger charge is 2.65. The van der Waals surface area contributed by atoms with Gasteiger partial charge >= 0.3 is 5.97 Å². The van der Waals surface area contributed by atoms with E-state index >= 15 is 0 Å². The van der Waals surface area contributed by atoms with Crippen molar-refractivity contribution in [3.63, 3.8) is 0 Å². The third-order valence-electron chi connectivity index (χ3n) is 4.41. The molecule has 4 bridgehead atoms. The van der Waals surface area contributed by atoms with E-state index in [1.165, 1.54) is 6.08 Å². The van der Waals surface area contributed by atoms with Crippen LogP contribution in [0.15, 0.2) is 12.7 Å². The number of hydrogen-bond donors (Lipinski definition) is 1. The molecule has 0 aromatic heterocycles. The molecule has 4 aliphatic rings. The molecule has 3 heteroatoms. The summed E-state index contributed by atoms with van der Waals surface area (Å²) in [6.45, 7) is 3.42. The highest BCUT2D eigenvalue weighted by Crippen LogP contribution is 2.63. The molecule has 4 fully saturated rings. The van der Waals surface area contributed by atoms with E-state index in [1.807, 2.05) is 0 Å². The van der Waals surface area contributed by atoms with Crippen molar-refractivity contribution in [2.24, 2.45) is 11.8 Å². The van der Waals surface area contributed by atoms with E-state index in [1.54, 1.807) is 0 Å². The first-order valence-corrected chi connectivity index (χ1v) is 5.63. The lowest BCUT2D eigenvalue weighted by Gasteiger charge is -2.38. The number of aliphatic hydroxyl groups is 1. The van der Waals surface area contributed by atoms with Gasteiger partial charge in [-0.2, -0.15) is 0 Å². The van der Waals surface area contributed by atoms with Gasteiger partial charge in [0.15, 0.2) is 0 Å². The summed E-state index contributed by atoms with van der Waals surface area (Å²) in [6, 6.07) is 0. The van der Waals surface area contributed by atoms with Gasteiger partial charge in [-0.1, -0.05) is 6.58 Å². The van der Waals surface area contributed by atoms with Crippen LogP contribution in [0.4, 0.5) is 0 Å². The lowest BCUT2D eigenvalue weighted by atomic mass is 9.77. The van der Waals surface area contributed by atoms with Crippen molar-refractivity contribution in [2.75, 3.05) is 0 Å². The molecular formula is C12H16O3. The summed E-state index contributed by atoms with van der Waals surface area (Å²) in [5.41, 5.74) is -0.907. The second-order valence-corrected chi connectivity index (χ2v) is 5.50. The molecule has 82 valence electrons. The van der Waals surface area contributed by atoms with Gasteiger partial charge in [-0.05, 0) is 37.5 Å². The number of esters is 1. The Morgan fingerprint density at radius 1 is 1.47 bits per heavy atom. The standard InChI is InChI=1S/C12H16O3/c1-2-10(13)15-11-4-8-3-9(6-11)12(14,5-8)7-11/h2,8-9,14H,1,3-7H2. The number of hydrogen-bond acceptors (Lipinski definition) is 3. The summed E-state index contributed by atoms with van der Waals surface area (Å²) in [4.78, 5) is 11.3.